The summed E-state index contributed by atoms with van der Waals surface area (Å²) in [5, 5.41) is 32.4. The fourth-order valence-electron chi connectivity index (χ4n) is 5.33. The average Bonchev–Trinajstić information content (AvgIpc) is 3.62. The predicted molar refractivity (Wildman–Crippen MR) is 161 cm³/mol. The summed E-state index contributed by atoms with van der Waals surface area (Å²) >= 11 is 3.16. The van der Waals surface area contributed by atoms with Gasteiger partial charge in [0, 0.05) is 30.7 Å². The van der Waals surface area contributed by atoms with Crippen LogP contribution in [-0.2, 0) is 20.9 Å². The lowest BCUT2D eigenvalue weighted by Crippen LogP contribution is -2.26. The van der Waals surface area contributed by atoms with E-state index < -0.39 is 29.6 Å². The summed E-state index contributed by atoms with van der Waals surface area (Å²) in [7, 11) is 0. The Hall–Kier alpha value is -4.39. The van der Waals surface area contributed by atoms with Gasteiger partial charge in [0.25, 0.3) is 0 Å². The van der Waals surface area contributed by atoms with E-state index in [-0.39, 0.29) is 48.0 Å². The number of Topliss-reactive ketones (excluding diaryl/α,β-unsaturated/α-hetero) is 1. The lowest BCUT2D eigenvalue weighted by molar-refractivity contribution is -0.121. The largest absolute Gasteiger partial charge is 0.507 e. The zero-order chi connectivity index (χ0) is 31.2. The number of halogens is 1. The van der Waals surface area contributed by atoms with Crippen LogP contribution >= 0.6 is 15.9 Å². The van der Waals surface area contributed by atoms with Crippen LogP contribution in [0.4, 0.5) is 0 Å². The molecule has 0 radical (unpaired) electrons. The van der Waals surface area contributed by atoms with Crippen molar-refractivity contribution in [2.24, 2.45) is 0 Å². The summed E-state index contributed by atoms with van der Waals surface area (Å²) < 4.78 is 17.0. The van der Waals surface area contributed by atoms with Crippen molar-refractivity contribution in [3.63, 3.8) is 0 Å². The maximum atomic E-state index is 13.5. The first kappa shape index (κ1) is 31.0. The van der Waals surface area contributed by atoms with Crippen LogP contribution in [0.5, 0.6) is 23.0 Å². The highest BCUT2D eigenvalue weighted by Gasteiger charge is 2.32. The SMILES string of the molecule is C[C@H]1CCCC(=O)CCC/C=C/c2cc(O)c(C(CC(=O)NCc3nc(Br)n[nH]3)c3ccc4c(c3)OCO4)c(O)c2C(=O)O1. The van der Waals surface area contributed by atoms with Gasteiger partial charge in [-0.05, 0) is 77.9 Å². The summed E-state index contributed by atoms with van der Waals surface area (Å²) in [6.45, 7) is 1.83. The number of ketones is 1. The van der Waals surface area contributed by atoms with Crippen molar-refractivity contribution < 1.29 is 38.8 Å². The van der Waals surface area contributed by atoms with Crippen molar-refractivity contribution in [2.75, 3.05) is 6.79 Å². The summed E-state index contributed by atoms with van der Waals surface area (Å²) in [4.78, 5) is 43.0. The molecule has 1 aromatic heterocycles. The number of amides is 1. The zero-order valence-corrected chi connectivity index (χ0v) is 25.7. The number of cyclic esters (lactones) is 1. The molecular weight excluding hydrogens is 636 g/mol. The Morgan fingerprint density at radius 2 is 1.95 bits per heavy atom. The molecule has 0 aliphatic carbocycles. The van der Waals surface area contributed by atoms with E-state index in [1.54, 1.807) is 37.3 Å². The first-order valence-corrected chi connectivity index (χ1v) is 15.2. The van der Waals surface area contributed by atoms with E-state index >= 15 is 0 Å². The number of ether oxygens (including phenoxy) is 3. The molecule has 44 heavy (non-hydrogen) atoms. The van der Waals surface area contributed by atoms with E-state index in [1.165, 1.54) is 6.07 Å². The topological polar surface area (TPSA) is 173 Å². The third kappa shape index (κ3) is 7.39. The van der Waals surface area contributed by atoms with Gasteiger partial charge in [-0.25, -0.2) is 9.78 Å². The molecule has 13 heteroatoms. The molecule has 0 fully saturated rings. The number of hydrogen-bond acceptors (Lipinski definition) is 10. The number of phenolic OH excluding ortho intramolecular Hbond substituents is 2. The van der Waals surface area contributed by atoms with E-state index in [2.05, 4.69) is 36.4 Å². The van der Waals surface area contributed by atoms with Crippen LogP contribution in [0.3, 0.4) is 0 Å². The first-order valence-electron chi connectivity index (χ1n) is 14.4. The van der Waals surface area contributed by atoms with Crippen molar-refractivity contribution in [1.82, 2.24) is 20.5 Å². The summed E-state index contributed by atoms with van der Waals surface area (Å²) in [6.07, 6.45) is 5.84. The van der Waals surface area contributed by atoms with Crippen molar-refractivity contribution in [2.45, 2.75) is 70.4 Å². The van der Waals surface area contributed by atoms with Gasteiger partial charge in [0.15, 0.2) is 11.5 Å². The van der Waals surface area contributed by atoms with Gasteiger partial charge in [-0.15, -0.1) is 5.10 Å². The van der Waals surface area contributed by atoms with Crippen LogP contribution in [0, 0.1) is 0 Å². The second-order valence-corrected chi connectivity index (χ2v) is 11.5. The number of benzene rings is 2. The standard InChI is InChI=1S/C31H33BrN4O8/c1-17-6-5-9-20(37)8-4-2-3-7-19-12-22(38)28(29(40)27(19)30(41)44-17)21(18-10-11-23-24(13-18)43-16-42-23)14-26(39)33-15-25-34-31(32)36-35-25/h3,7,10-13,17,21,38,40H,2,4-6,8-9,14-16H2,1H3,(H,33,39)(H,34,35,36)/b7-3+/t17-,21?/m0/s1. The van der Waals surface area contributed by atoms with Crippen LogP contribution in [0.2, 0.25) is 0 Å². The highest BCUT2D eigenvalue weighted by molar-refractivity contribution is 9.10. The molecule has 0 saturated carbocycles. The quantitative estimate of drug-likeness (QED) is 0.261. The molecule has 0 bridgehead atoms. The van der Waals surface area contributed by atoms with Gasteiger partial charge in [0.05, 0.1) is 12.6 Å². The molecule has 5 rings (SSSR count). The normalized spacial score (nSPS) is 18.5. The maximum absolute atomic E-state index is 13.5. The number of aromatic amines is 1. The Bertz CT molecular complexity index is 1590. The van der Waals surface area contributed by atoms with Crippen LogP contribution in [0.25, 0.3) is 6.08 Å². The number of aromatic hydroxyl groups is 2. The third-order valence-corrected chi connectivity index (χ3v) is 7.90. The van der Waals surface area contributed by atoms with Gasteiger partial charge >= 0.3 is 5.97 Å². The minimum atomic E-state index is -0.899. The number of aromatic nitrogens is 3. The number of allylic oxidation sites excluding steroid dienone is 1. The van der Waals surface area contributed by atoms with Gasteiger partial charge in [-0.2, -0.15) is 0 Å². The molecule has 0 saturated heterocycles. The molecule has 1 amide bonds. The van der Waals surface area contributed by atoms with Crippen molar-refractivity contribution in [3.8, 4) is 23.0 Å². The molecular formula is C31H33BrN4O8. The van der Waals surface area contributed by atoms with Crippen molar-refractivity contribution in [1.29, 1.82) is 0 Å². The smallest absolute Gasteiger partial charge is 0.342 e. The maximum Gasteiger partial charge on any atom is 0.342 e. The molecule has 0 spiro atoms. The second-order valence-electron chi connectivity index (χ2n) is 10.8. The Morgan fingerprint density at radius 1 is 1.16 bits per heavy atom. The van der Waals surface area contributed by atoms with Crippen LogP contribution < -0.4 is 14.8 Å². The molecule has 3 aromatic rings. The van der Waals surface area contributed by atoms with E-state index in [1.807, 2.05) is 0 Å². The predicted octanol–water partition coefficient (Wildman–Crippen LogP) is 5.03. The Labute approximate surface area is 261 Å². The Kier molecular flexibility index (Phi) is 9.83. The highest BCUT2D eigenvalue weighted by Crippen LogP contribution is 2.46. The Morgan fingerprint density at radius 3 is 2.75 bits per heavy atom. The highest BCUT2D eigenvalue weighted by atomic mass is 79.9. The lowest BCUT2D eigenvalue weighted by Gasteiger charge is -2.23. The number of H-pyrrole nitrogens is 1. The number of esters is 1. The minimum Gasteiger partial charge on any atom is -0.507 e. The summed E-state index contributed by atoms with van der Waals surface area (Å²) in [5.41, 5.74) is 0.672. The minimum absolute atomic E-state index is 0.00936. The fourth-order valence-corrected chi connectivity index (χ4v) is 5.63. The van der Waals surface area contributed by atoms with Crippen LogP contribution in [0.1, 0.15) is 90.7 Å². The third-order valence-electron chi connectivity index (χ3n) is 7.55. The number of phenols is 2. The van der Waals surface area contributed by atoms with E-state index in [9.17, 15) is 24.6 Å². The van der Waals surface area contributed by atoms with E-state index in [4.69, 9.17) is 14.2 Å². The van der Waals surface area contributed by atoms with E-state index in [0.29, 0.717) is 66.1 Å². The number of fused-ring (bicyclic) bond motifs is 2. The molecule has 2 atom stereocenters. The Balaban J connectivity index is 1.54. The number of rotatable bonds is 6. The number of carbonyl (C=O) groups is 3. The van der Waals surface area contributed by atoms with E-state index in [0.717, 1.165) is 0 Å². The molecule has 12 nitrogen and oxygen atoms in total. The zero-order valence-electron chi connectivity index (χ0n) is 24.1. The molecule has 2 aliphatic heterocycles. The summed E-state index contributed by atoms with van der Waals surface area (Å²) in [6, 6.07) is 6.46. The fraction of sp³-hybridized carbons (Fsp3) is 0.387. The molecule has 232 valence electrons. The second kappa shape index (κ2) is 13.9. The van der Waals surface area contributed by atoms with Gasteiger partial charge in [-0.3, -0.25) is 14.7 Å². The van der Waals surface area contributed by atoms with Gasteiger partial charge in [0.1, 0.15) is 28.7 Å². The summed E-state index contributed by atoms with van der Waals surface area (Å²) in [5.74, 6) is -1.31. The number of hydrogen-bond donors (Lipinski definition) is 4. The van der Waals surface area contributed by atoms with Crippen molar-refractivity contribution >= 4 is 39.7 Å². The van der Waals surface area contributed by atoms with Gasteiger partial charge < -0.3 is 29.7 Å². The van der Waals surface area contributed by atoms with Crippen LogP contribution in [0.15, 0.2) is 35.1 Å². The molecule has 2 aromatic carbocycles. The molecule has 1 unspecified atom stereocenters. The number of nitrogens with one attached hydrogen (secondary N) is 2. The number of carbonyl (C=O) groups excluding carboxylic acids is 3. The monoisotopic (exact) mass is 668 g/mol. The molecule has 2 aliphatic rings. The van der Waals surface area contributed by atoms with Crippen molar-refractivity contribution in [3.05, 3.63) is 63.2 Å². The van der Waals surface area contributed by atoms with Gasteiger partial charge in [-0.1, -0.05) is 18.2 Å². The first-order chi connectivity index (χ1) is 21.2. The molecule has 3 heterocycles. The van der Waals surface area contributed by atoms with Gasteiger partial charge in [0.2, 0.25) is 17.4 Å². The molecule has 4 N–H and O–H groups in total. The van der Waals surface area contributed by atoms with Crippen LogP contribution in [-0.4, -0.2) is 56.0 Å². The lowest BCUT2D eigenvalue weighted by atomic mass is 9.84. The average molecular weight is 670 g/mol. The number of nitrogens with zero attached hydrogens (tertiary/aromatic N) is 2.